The van der Waals surface area contributed by atoms with Gasteiger partial charge in [-0.1, -0.05) is 13.8 Å². The lowest BCUT2D eigenvalue weighted by Gasteiger charge is -2.07. The van der Waals surface area contributed by atoms with Crippen LogP contribution >= 0.6 is 43.2 Å². The third-order valence-corrected chi connectivity index (χ3v) is 5.48. The minimum Gasteiger partial charge on any atom is -0.380 e. The molecule has 0 aromatic carbocycles. The molecule has 0 bridgehead atoms. The summed E-state index contributed by atoms with van der Waals surface area (Å²) in [5.74, 6) is 0.704. The molecule has 17 heavy (non-hydrogen) atoms. The predicted molar refractivity (Wildman–Crippen MR) is 81.9 cm³/mol. The SMILES string of the molecule is CC(C)CNCCOCCc1cc(Br)c(Br)s1. The molecule has 0 unspecified atom stereocenters. The lowest BCUT2D eigenvalue weighted by atomic mass is 10.2. The molecular weight excluding hydrogens is 366 g/mol. The summed E-state index contributed by atoms with van der Waals surface area (Å²) in [4.78, 5) is 1.35. The van der Waals surface area contributed by atoms with Gasteiger partial charge in [-0.15, -0.1) is 11.3 Å². The van der Waals surface area contributed by atoms with Crippen molar-refractivity contribution in [1.29, 1.82) is 0 Å². The molecule has 1 aromatic heterocycles. The second-order valence-corrected chi connectivity index (χ2v) is 7.60. The third-order valence-electron chi connectivity index (χ3n) is 2.16. The summed E-state index contributed by atoms with van der Waals surface area (Å²) < 4.78 is 7.88. The number of nitrogens with one attached hydrogen (secondary N) is 1. The average Bonchev–Trinajstić information content (AvgIpc) is 2.56. The molecule has 0 saturated heterocycles. The van der Waals surface area contributed by atoms with Gasteiger partial charge in [-0.05, 0) is 50.4 Å². The Kier molecular flexibility index (Phi) is 7.95. The van der Waals surface area contributed by atoms with Crippen molar-refractivity contribution < 1.29 is 4.74 Å². The number of thiophene rings is 1. The van der Waals surface area contributed by atoms with Crippen molar-refractivity contribution in [3.8, 4) is 0 Å². The molecule has 0 aliphatic heterocycles. The van der Waals surface area contributed by atoms with E-state index < -0.39 is 0 Å². The summed E-state index contributed by atoms with van der Waals surface area (Å²) in [5.41, 5.74) is 0. The topological polar surface area (TPSA) is 21.3 Å². The molecule has 1 rings (SSSR count). The van der Waals surface area contributed by atoms with Crippen LogP contribution < -0.4 is 5.32 Å². The highest BCUT2D eigenvalue weighted by molar-refractivity contribution is 9.13. The van der Waals surface area contributed by atoms with Crippen molar-refractivity contribution in [3.63, 3.8) is 0 Å². The Morgan fingerprint density at radius 1 is 1.35 bits per heavy atom. The van der Waals surface area contributed by atoms with E-state index in [1.54, 1.807) is 11.3 Å². The van der Waals surface area contributed by atoms with Crippen molar-refractivity contribution in [3.05, 3.63) is 19.2 Å². The molecule has 1 N–H and O–H groups in total. The van der Waals surface area contributed by atoms with Crippen LogP contribution in [0.5, 0.6) is 0 Å². The first-order chi connectivity index (χ1) is 8.09. The molecule has 1 aromatic rings. The van der Waals surface area contributed by atoms with Crippen LogP contribution in [0.25, 0.3) is 0 Å². The molecule has 0 atom stereocenters. The predicted octanol–water partition coefficient (Wildman–Crippen LogP) is 4.08. The van der Waals surface area contributed by atoms with Crippen LogP contribution in [0.2, 0.25) is 0 Å². The summed E-state index contributed by atoms with van der Waals surface area (Å²) in [6.07, 6.45) is 0.985. The van der Waals surface area contributed by atoms with Gasteiger partial charge in [0, 0.05) is 22.3 Å². The van der Waals surface area contributed by atoms with Crippen LogP contribution in [0.15, 0.2) is 14.3 Å². The molecular formula is C12H19Br2NOS. The first-order valence-electron chi connectivity index (χ1n) is 5.81. The second kappa shape index (κ2) is 8.64. The molecule has 0 spiro atoms. The van der Waals surface area contributed by atoms with E-state index in [0.29, 0.717) is 5.92 Å². The Morgan fingerprint density at radius 2 is 2.12 bits per heavy atom. The molecule has 0 radical (unpaired) electrons. The standard InChI is InChI=1S/C12H19Br2NOS/c1-9(2)8-15-4-6-16-5-3-10-7-11(13)12(14)17-10/h7,9,15H,3-6,8H2,1-2H3. The third kappa shape index (κ3) is 6.91. The summed E-state index contributed by atoms with van der Waals surface area (Å²) >= 11 is 8.74. The minimum absolute atomic E-state index is 0.704. The first kappa shape index (κ1) is 15.6. The Labute approximate surface area is 124 Å². The fraction of sp³-hybridized carbons (Fsp3) is 0.667. The summed E-state index contributed by atoms with van der Waals surface area (Å²) in [7, 11) is 0. The number of hydrogen-bond donors (Lipinski definition) is 1. The van der Waals surface area contributed by atoms with E-state index >= 15 is 0 Å². The van der Waals surface area contributed by atoms with E-state index in [1.807, 2.05) is 0 Å². The highest BCUT2D eigenvalue weighted by atomic mass is 79.9. The zero-order chi connectivity index (χ0) is 12.7. The lowest BCUT2D eigenvalue weighted by Crippen LogP contribution is -2.24. The monoisotopic (exact) mass is 383 g/mol. The molecule has 0 amide bonds. The van der Waals surface area contributed by atoms with E-state index in [1.165, 1.54) is 4.88 Å². The normalized spacial score (nSPS) is 11.4. The van der Waals surface area contributed by atoms with Crippen LogP contribution in [-0.2, 0) is 11.2 Å². The first-order valence-corrected chi connectivity index (χ1v) is 8.22. The van der Waals surface area contributed by atoms with Crippen molar-refractivity contribution in [2.75, 3.05) is 26.3 Å². The number of hydrogen-bond acceptors (Lipinski definition) is 3. The summed E-state index contributed by atoms with van der Waals surface area (Å²) in [6.45, 7) is 8.01. The molecule has 0 aliphatic rings. The maximum atomic E-state index is 5.58. The Hall–Kier alpha value is 0.580. The van der Waals surface area contributed by atoms with Gasteiger partial charge in [-0.3, -0.25) is 0 Å². The van der Waals surface area contributed by atoms with Gasteiger partial charge >= 0.3 is 0 Å². The van der Waals surface area contributed by atoms with Crippen LogP contribution in [0.4, 0.5) is 0 Å². The van der Waals surface area contributed by atoms with Crippen LogP contribution in [0, 0.1) is 5.92 Å². The van der Waals surface area contributed by atoms with Crippen LogP contribution in [-0.4, -0.2) is 26.3 Å². The molecule has 5 heteroatoms. The Balaban J connectivity index is 2.01. The van der Waals surface area contributed by atoms with Gasteiger partial charge in [-0.25, -0.2) is 0 Å². The van der Waals surface area contributed by atoms with Gasteiger partial charge in [-0.2, -0.15) is 0 Å². The zero-order valence-electron chi connectivity index (χ0n) is 10.3. The van der Waals surface area contributed by atoms with Gasteiger partial charge in [0.25, 0.3) is 0 Å². The maximum Gasteiger partial charge on any atom is 0.0843 e. The fourth-order valence-corrected chi connectivity index (χ4v) is 3.48. The molecule has 0 fully saturated rings. The van der Waals surface area contributed by atoms with Crippen molar-refractivity contribution in [1.82, 2.24) is 5.32 Å². The fourth-order valence-electron chi connectivity index (χ4n) is 1.32. The molecule has 0 saturated carbocycles. The van der Waals surface area contributed by atoms with Crippen LogP contribution in [0.3, 0.4) is 0 Å². The van der Waals surface area contributed by atoms with Gasteiger partial charge in [0.15, 0.2) is 0 Å². The molecule has 1 heterocycles. The maximum absolute atomic E-state index is 5.58. The minimum atomic E-state index is 0.704. The Bertz CT molecular complexity index is 309. The van der Waals surface area contributed by atoms with E-state index in [9.17, 15) is 0 Å². The van der Waals surface area contributed by atoms with Crippen molar-refractivity contribution in [2.24, 2.45) is 5.92 Å². The Morgan fingerprint density at radius 3 is 2.71 bits per heavy atom. The molecule has 2 nitrogen and oxygen atoms in total. The highest BCUT2D eigenvalue weighted by Crippen LogP contribution is 2.32. The number of halogens is 2. The molecule has 0 aliphatic carbocycles. The van der Waals surface area contributed by atoms with E-state index in [-0.39, 0.29) is 0 Å². The smallest absolute Gasteiger partial charge is 0.0843 e. The van der Waals surface area contributed by atoms with Crippen molar-refractivity contribution >= 4 is 43.2 Å². The second-order valence-electron chi connectivity index (χ2n) is 4.29. The highest BCUT2D eigenvalue weighted by Gasteiger charge is 2.03. The molecule has 98 valence electrons. The lowest BCUT2D eigenvalue weighted by molar-refractivity contribution is 0.139. The van der Waals surface area contributed by atoms with Gasteiger partial charge in [0.05, 0.1) is 17.0 Å². The van der Waals surface area contributed by atoms with Gasteiger partial charge in [0.2, 0.25) is 0 Å². The van der Waals surface area contributed by atoms with Crippen LogP contribution in [0.1, 0.15) is 18.7 Å². The average molecular weight is 385 g/mol. The van der Waals surface area contributed by atoms with Gasteiger partial charge in [0.1, 0.15) is 0 Å². The van der Waals surface area contributed by atoms with E-state index in [4.69, 9.17) is 4.74 Å². The number of ether oxygens (including phenoxy) is 1. The largest absolute Gasteiger partial charge is 0.380 e. The summed E-state index contributed by atoms with van der Waals surface area (Å²) in [6, 6.07) is 2.15. The summed E-state index contributed by atoms with van der Waals surface area (Å²) in [5, 5.41) is 3.36. The quantitative estimate of drug-likeness (QED) is 0.682. The van der Waals surface area contributed by atoms with E-state index in [0.717, 1.165) is 41.0 Å². The number of rotatable bonds is 8. The van der Waals surface area contributed by atoms with E-state index in [2.05, 4.69) is 57.1 Å². The van der Waals surface area contributed by atoms with Gasteiger partial charge < -0.3 is 10.1 Å². The van der Waals surface area contributed by atoms with Crippen molar-refractivity contribution in [2.45, 2.75) is 20.3 Å². The zero-order valence-corrected chi connectivity index (χ0v) is 14.3.